The maximum absolute atomic E-state index is 11.0. The summed E-state index contributed by atoms with van der Waals surface area (Å²) in [5.74, 6) is 0.519. The van der Waals surface area contributed by atoms with Gasteiger partial charge in [-0.2, -0.15) is 0 Å². The van der Waals surface area contributed by atoms with Crippen LogP contribution in [0.15, 0.2) is 24.3 Å². The molecule has 0 heterocycles. The van der Waals surface area contributed by atoms with Gasteiger partial charge in [0.25, 0.3) is 0 Å². The molecule has 1 rings (SSSR count). The molecule has 1 aromatic rings. The fourth-order valence-electron chi connectivity index (χ4n) is 0.829. The number of alkyl halides is 1. The van der Waals surface area contributed by atoms with E-state index in [2.05, 4.69) is 0 Å². The molecule has 0 saturated carbocycles. The molecule has 0 aliphatic heterocycles. The Balaban J connectivity index is 2.91. The van der Waals surface area contributed by atoms with Crippen molar-refractivity contribution >= 4 is 25.5 Å². The normalized spacial score (nSPS) is 9.64. The Kier molecular flexibility index (Phi) is 2.97. The number of hydrogen-bond donors (Lipinski definition) is 0. The van der Waals surface area contributed by atoms with Gasteiger partial charge in [0.2, 0.25) is 0 Å². The summed E-state index contributed by atoms with van der Waals surface area (Å²) >= 11 is 5.59. The number of rotatable bonds is 2. The van der Waals surface area contributed by atoms with Gasteiger partial charge in [-0.15, -0.1) is 11.6 Å². The van der Waals surface area contributed by atoms with Gasteiger partial charge in [-0.1, -0.05) is 24.3 Å². The van der Waals surface area contributed by atoms with Crippen molar-refractivity contribution in [2.75, 3.05) is 0 Å². The van der Waals surface area contributed by atoms with Crippen LogP contribution < -0.4 is 5.19 Å². The van der Waals surface area contributed by atoms with Crippen molar-refractivity contribution in [1.29, 1.82) is 0 Å². The van der Waals surface area contributed by atoms with E-state index < -0.39 is 8.68 Å². The van der Waals surface area contributed by atoms with Crippen molar-refractivity contribution in [3.8, 4) is 0 Å². The smallest absolute Gasteiger partial charge is 0.308 e. The van der Waals surface area contributed by atoms with Crippen molar-refractivity contribution in [2.45, 2.75) is 12.4 Å². The van der Waals surface area contributed by atoms with Crippen LogP contribution in [0.25, 0.3) is 0 Å². The van der Waals surface area contributed by atoms with Gasteiger partial charge in [0, 0.05) is 5.88 Å². The lowest BCUT2D eigenvalue weighted by Gasteiger charge is -1.95. The van der Waals surface area contributed by atoms with E-state index in [1.165, 1.54) is 0 Å². The van der Waals surface area contributed by atoms with E-state index in [4.69, 9.17) is 11.6 Å². The van der Waals surface area contributed by atoms with Gasteiger partial charge >= 0.3 is 8.68 Å². The lowest BCUT2D eigenvalue weighted by Crippen LogP contribution is -2.15. The average molecular weight is 185 g/mol. The molecule has 0 amide bonds. The van der Waals surface area contributed by atoms with E-state index in [0.717, 1.165) is 10.8 Å². The number of benzene rings is 1. The second kappa shape index (κ2) is 3.79. The molecule has 0 aromatic heterocycles. The standard InChI is InChI=1S/C8H9ClOSi/c1-11(10)8-4-2-7(6-9)3-5-8/h2-5H,6H2,1H3. The topological polar surface area (TPSA) is 17.1 Å². The molecule has 0 aliphatic rings. The minimum atomic E-state index is -1.53. The van der Waals surface area contributed by atoms with Gasteiger partial charge < -0.3 is 4.46 Å². The van der Waals surface area contributed by atoms with Crippen molar-refractivity contribution in [1.82, 2.24) is 0 Å². The number of halogens is 1. The molecule has 58 valence electrons. The minimum absolute atomic E-state index is 0.519. The molecular formula is C8H9ClOSi. The summed E-state index contributed by atoms with van der Waals surface area (Å²) in [7, 11) is -1.53. The van der Waals surface area contributed by atoms with E-state index in [9.17, 15) is 4.46 Å². The van der Waals surface area contributed by atoms with Gasteiger partial charge in [0.1, 0.15) is 0 Å². The van der Waals surface area contributed by atoms with Crippen LogP contribution in [0.3, 0.4) is 0 Å². The van der Waals surface area contributed by atoms with Crippen LogP contribution in [0, 0.1) is 0 Å². The first-order chi connectivity index (χ1) is 5.24. The highest BCUT2D eigenvalue weighted by Gasteiger charge is 1.99. The Morgan fingerprint density at radius 1 is 1.36 bits per heavy atom. The second-order valence-electron chi connectivity index (χ2n) is 2.39. The van der Waals surface area contributed by atoms with Crippen LogP contribution in [0.4, 0.5) is 0 Å². The molecule has 0 N–H and O–H groups in total. The van der Waals surface area contributed by atoms with E-state index in [0.29, 0.717) is 5.88 Å². The Labute approximate surface area is 72.7 Å². The quantitative estimate of drug-likeness (QED) is 0.505. The molecular weight excluding hydrogens is 176 g/mol. The van der Waals surface area contributed by atoms with Crippen LogP contribution in [-0.4, -0.2) is 8.68 Å². The summed E-state index contributed by atoms with van der Waals surface area (Å²) in [5, 5.41) is 0.920. The van der Waals surface area contributed by atoms with Crippen molar-refractivity contribution in [2.24, 2.45) is 0 Å². The van der Waals surface area contributed by atoms with Crippen molar-refractivity contribution in [3.05, 3.63) is 29.8 Å². The summed E-state index contributed by atoms with van der Waals surface area (Å²) in [5.41, 5.74) is 1.07. The highest BCUT2D eigenvalue weighted by atomic mass is 35.5. The van der Waals surface area contributed by atoms with E-state index in [1.54, 1.807) is 6.55 Å². The van der Waals surface area contributed by atoms with Gasteiger partial charge in [0.15, 0.2) is 0 Å². The number of hydrogen-bond acceptors (Lipinski definition) is 1. The maximum Gasteiger partial charge on any atom is 0.308 e. The third-order valence-corrected chi connectivity index (χ3v) is 2.97. The lowest BCUT2D eigenvalue weighted by molar-refractivity contribution is 0.572. The van der Waals surface area contributed by atoms with Gasteiger partial charge in [-0.05, 0) is 17.3 Å². The largest absolute Gasteiger partial charge is 0.383 e. The molecule has 3 heteroatoms. The average Bonchev–Trinajstić information content (AvgIpc) is 2.05. The zero-order valence-corrected chi connectivity index (χ0v) is 8.06. The fourth-order valence-corrected chi connectivity index (χ4v) is 1.64. The van der Waals surface area contributed by atoms with Gasteiger partial charge in [-0.3, -0.25) is 0 Å². The highest BCUT2D eigenvalue weighted by Crippen LogP contribution is 2.00. The Hall–Kier alpha value is -0.473. The first-order valence-corrected chi connectivity index (χ1v) is 5.84. The molecule has 1 nitrogen and oxygen atoms in total. The monoisotopic (exact) mass is 184 g/mol. The van der Waals surface area contributed by atoms with Crippen LogP contribution in [-0.2, 0) is 10.3 Å². The molecule has 0 bridgehead atoms. The predicted molar refractivity (Wildman–Crippen MR) is 47.9 cm³/mol. The highest BCUT2D eigenvalue weighted by molar-refractivity contribution is 6.58. The molecule has 0 unspecified atom stereocenters. The molecule has 0 radical (unpaired) electrons. The molecule has 0 fully saturated rings. The second-order valence-corrected chi connectivity index (χ2v) is 4.34. The van der Waals surface area contributed by atoms with Gasteiger partial charge in [0.05, 0.1) is 0 Å². The molecule has 0 saturated heterocycles. The Bertz CT molecular complexity index is 255. The lowest BCUT2D eigenvalue weighted by atomic mass is 10.2. The zero-order chi connectivity index (χ0) is 8.27. The fraction of sp³-hybridized carbons (Fsp3) is 0.250. The maximum atomic E-state index is 11.0. The first kappa shape index (κ1) is 8.62. The SMILES string of the molecule is C[Si](=O)c1ccc(CCl)cc1. The first-order valence-electron chi connectivity index (χ1n) is 3.40. The summed E-state index contributed by atoms with van der Waals surface area (Å²) in [6.07, 6.45) is 0. The van der Waals surface area contributed by atoms with Crippen LogP contribution in [0.1, 0.15) is 5.56 Å². The summed E-state index contributed by atoms with van der Waals surface area (Å²) in [6, 6.07) is 7.57. The minimum Gasteiger partial charge on any atom is -0.383 e. The van der Waals surface area contributed by atoms with Crippen LogP contribution in [0.2, 0.25) is 6.55 Å². The summed E-state index contributed by atoms with van der Waals surface area (Å²) in [6.45, 7) is 1.74. The van der Waals surface area contributed by atoms with Gasteiger partial charge in [-0.25, -0.2) is 0 Å². The third-order valence-electron chi connectivity index (χ3n) is 1.51. The van der Waals surface area contributed by atoms with E-state index >= 15 is 0 Å². The molecule has 0 aliphatic carbocycles. The van der Waals surface area contributed by atoms with E-state index in [-0.39, 0.29) is 0 Å². The third kappa shape index (κ3) is 2.24. The molecule has 11 heavy (non-hydrogen) atoms. The van der Waals surface area contributed by atoms with Crippen molar-refractivity contribution in [3.63, 3.8) is 0 Å². The Morgan fingerprint density at radius 3 is 2.27 bits per heavy atom. The Morgan fingerprint density at radius 2 is 1.91 bits per heavy atom. The summed E-state index contributed by atoms with van der Waals surface area (Å²) < 4.78 is 11.0. The molecule has 1 aromatic carbocycles. The van der Waals surface area contributed by atoms with E-state index in [1.807, 2.05) is 24.3 Å². The van der Waals surface area contributed by atoms with Crippen LogP contribution >= 0.6 is 11.6 Å². The van der Waals surface area contributed by atoms with Crippen LogP contribution in [0.5, 0.6) is 0 Å². The zero-order valence-electron chi connectivity index (χ0n) is 6.30. The molecule has 0 atom stereocenters. The van der Waals surface area contributed by atoms with Crippen molar-refractivity contribution < 1.29 is 4.46 Å². The predicted octanol–water partition coefficient (Wildman–Crippen LogP) is 1.68. The summed E-state index contributed by atoms with van der Waals surface area (Å²) in [4.78, 5) is 0. The molecule has 0 spiro atoms.